The molecule has 1 fully saturated rings. The number of piperidine rings is 1. The molecule has 1 amide bonds. The van der Waals surface area contributed by atoms with E-state index in [1.165, 1.54) is 0 Å². The minimum absolute atomic E-state index is 0.219. The van der Waals surface area contributed by atoms with E-state index in [9.17, 15) is 4.79 Å². The fourth-order valence-corrected chi connectivity index (χ4v) is 2.11. The summed E-state index contributed by atoms with van der Waals surface area (Å²) in [5.74, 6) is 0.985. The van der Waals surface area contributed by atoms with Gasteiger partial charge in [-0.15, -0.1) is 5.10 Å². The van der Waals surface area contributed by atoms with E-state index in [2.05, 4.69) is 20.5 Å². The number of hydrogen-bond donors (Lipinski definition) is 3. The van der Waals surface area contributed by atoms with Crippen molar-refractivity contribution in [1.82, 2.24) is 25.4 Å². The summed E-state index contributed by atoms with van der Waals surface area (Å²) in [6.45, 7) is 4.28. The van der Waals surface area contributed by atoms with Crippen LogP contribution in [-0.2, 0) is 11.3 Å². The Kier molecular flexibility index (Phi) is 4.56. The molecule has 106 valence electrons. The van der Waals surface area contributed by atoms with Crippen LogP contribution in [-0.4, -0.2) is 51.9 Å². The molecule has 0 radical (unpaired) electrons. The summed E-state index contributed by atoms with van der Waals surface area (Å²) >= 11 is 0. The molecular weight excluding hydrogens is 248 g/mol. The van der Waals surface area contributed by atoms with Crippen molar-refractivity contribution >= 4 is 12.0 Å². The third kappa shape index (κ3) is 3.82. The number of nitrogens with zero attached hydrogens (tertiary/aromatic N) is 3. The van der Waals surface area contributed by atoms with E-state index < -0.39 is 0 Å². The van der Waals surface area contributed by atoms with E-state index in [4.69, 9.17) is 10.5 Å². The Hall–Kier alpha value is -1.83. The van der Waals surface area contributed by atoms with E-state index in [1.807, 2.05) is 6.92 Å². The summed E-state index contributed by atoms with van der Waals surface area (Å²) in [5, 5.41) is 9.90. The molecule has 0 saturated carbocycles. The van der Waals surface area contributed by atoms with Crippen LogP contribution in [0.2, 0.25) is 0 Å². The number of hydrogen-bond acceptors (Lipinski definition) is 6. The number of likely N-dealkylation sites (tertiary alicyclic amines) is 1. The molecule has 0 aromatic carbocycles. The number of aromatic amines is 1. The molecule has 0 atom stereocenters. The lowest BCUT2D eigenvalue weighted by Crippen LogP contribution is -2.45. The van der Waals surface area contributed by atoms with Crippen LogP contribution >= 0.6 is 0 Å². The van der Waals surface area contributed by atoms with Crippen molar-refractivity contribution in [3.05, 3.63) is 5.82 Å². The van der Waals surface area contributed by atoms with Gasteiger partial charge >= 0.3 is 6.09 Å². The number of ether oxygens (including phenoxy) is 1. The zero-order valence-electron chi connectivity index (χ0n) is 11.1. The number of rotatable bonds is 4. The lowest BCUT2D eigenvalue weighted by atomic mass is 10.1. The van der Waals surface area contributed by atoms with Crippen LogP contribution in [0.1, 0.15) is 25.6 Å². The highest BCUT2D eigenvalue weighted by Crippen LogP contribution is 2.11. The number of nitrogens with two attached hydrogens (primary N) is 1. The standard InChI is InChI=1S/C11H20N6O2/c1-2-19-11(18)17-5-3-8(4-6-17)13-7-9-14-10(12)16-15-9/h8,13H,2-7H2,1H3,(H3,12,14,15,16). The number of carbonyl (C=O) groups is 1. The Morgan fingerprint density at radius 1 is 1.58 bits per heavy atom. The Bertz CT molecular complexity index is 413. The highest BCUT2D eigenvalue weighted by molar-refractivity contribution is 5.67. The van der Waals surface area contributed by atoms with E-state index in [0.29, 0.717) is 19.2 Å². The van der Waals surface area contributed by atoms with Gasteiger partial charge in [0, 0.05) is 19.1 Å². The van der Waals surface area contributed by atoms with Gasteiger partial charge in [0.15, 0.2) is 0 Å². The Labute approximate surface area is 111 Å². The number of carbonyl (C=O) groups excluding carboxylic acids is 1. The fourth-order valence-electron chi connectivity index (χ4n) is 2.11. The zero-order valence-corrected chi connectivity index (χ0v) is 11.1. The van der Waals surface area contributed by atoms with Crippen molar-refractivity contribution in [2.24, 2.45) is 0 Å². The molecule has 8 nitrogen and oxygen atoms in total. The van der Waals surface area contributed by atoms with Crippen molar-refractivity contribution < 1.29 is 9.53 Å². The Morgan fingerprint density at radius 3 is 2.89 bits per heavy atom. The van der Waals surface area contributed by atoms with Gasteiger partial charge in [0.2, 0.25) is 5.95 Å². The topological polar surface area (TPSA) is 109 Å². The Balaban J connectivity index is 1.70. The number of anilines is 1. The molecule has 2 heterocycles. The van der Waals surface area contributed by atoms with Gasteiger partial charge in [-0.05, 0) is 19.8 Å². The lowest BCUT2D eigenvalue weighted by molar-refractivity contribution is 0.0949. The summed E-state index contributed by atoms with van der Waals surface area (Å²) in [5.41, 5.74) is 5.43. The van der Waals surface area contributed by atoms with Crippen molar-refractivity contribution in [1.29, 1.82) is 0 Å². The average Bonchev–Trinajstić information content (AvgIpc) is 2.83. The molecule has 4 N–H and O–H groups in total. The molecule has 0 spiro atoms. The largest absolute Gasteiger partial charge is 0.450 e. The predicted molar refractivity (Wildman–Crippen MR) is 69.3 cm³/mol. The van der Waals surface area contributed by atoms with Crippen LogP contribution in [0.15, 0.2) is 0 Å². The van der Waals surface area contributed by atoms with Crippen LogP contribution in [0.3, 0.4) is 0 Å². The summed E-state index contributed by atoms with van der Waals surface area (Å²) < 4.78 is 4.98. The summed E-state index contributed by atoms with van der Waals surface area (Å²) in [7, 11) is 0. The van der Waals surface area contributed by atoms with Gasteiger partial charge < -0.3 is 20.7 Å². The number of nitrogen functional groups attached to an aromatic ring is 1. The smallest absolute Gasteiger partial charge is 0.409 e. The minimum Gasteiger partial charge on any atom is -0.450 e. The van der Waals surface area contributed by atoms with E-state index in [1.54, 1.807) is 4.90 Å². The van der Waals surface area contributed by atoms with Crippen LogP contribution < -0.4 is 11.1 Å². The summed E-state index contributed by atoms with van der Waals surface area (Å²) in [6.07, 6.45) is 1.59. The van der Waals surface area contributed by atoms with Gasteiger partial charge in [-0.25, -0.2) is 4.79 Å². The minimum atomic E-state index is -0.219. The van der Waals surface area contributed by atoms with Crippen molar-refractivity contribution in [2.75, 3.05) is 25.4 Å². The second-order valence-corrected chi connectivity index (χ2v) is 4.48. The van der Waals surface area contributed by atoms with Crippen molar-refractivity contribution in [2.45, 2.75) is 32.4 Å². The second kappa shape index (κ2) is 6.37. The highest BCUT2D eigenvalue weighted by Gasteiger charge is 2.23. The normalized spacial score (nSPS) is 16.6. The first kappa shape index (κ1) is 13.6. The molecule has 19 heavy (non-hydrogen) atoms. The van der Waals surface area contributed by atoms with E-state index in [0.717, 1.165) is 31.8 Å². The van der Waals surface area contributed by atoms with Gasteiger partial charge in [-0.1, -0.05) is 0 Å². The van der Waals surface area contributed by atoms with Crippen LogP contribution in [0.25, 0.3) is 0 Å². The molecule has 1 saturated heterocycles. The maximum Gasteiger partial charge on any atom is 0.409 e. The molecule has 0 bridgehead atoms. The zero-order chi connectivity index (χ0) is 13.7. The van der Waals surface area contributed by atoms with Gasteiger partial charge in [-0.3, -0.25) is 5.10 Å². The van der Waals surface area contributed by atoms with Crippen LogP contribution in [0.5, 0.6) is 0 Å². The maximum atomic E-state index is 11.5. The SMILES string of the molecule is CCOC(=O)N1CCC(NCc2nc(N)n[nH]2)CC1. The van der Waals surface area contributed by atoms with Crippen molar-refractivity contribution in [3.63, 3.8) is 0 Å². The van der Waals surface area contributed by atoms with Crippen LogP contribution in [0, 0.1) is 0 Å². The van der Waals surface area contributed by atoms with Crippen molar-refractivity contribution in [3.8, 4) is 0 Å². The van der Waals surface area contributed by atoms with Gasteiger partial charge in [0.05, 0.1) is 13.2 Å². The van der Waals surface area contributed by atoms with Gasteiger partial charge in [0.25, 0.3) is 0 Å². The second-order valence-electron chi connectivity index (χ2n) is 4.48. The third-order valence-corrected chi connectivity index (χ3v) is 3.13. The molecule has 1 aromatic rings. The average molecular weight is 268 g/mol. The molecule has 8 heteroatoms. The molecule has 0 unspecified atom stereocenters. The first-order valence-corrected chi connectivity index (χ1v) is 6.51. The predicted octanol–water partition coefficient (Wildman–Crippen LogP) is 0.0974. The number of nitrogens with one attached hydrogen (secondary N) is 2. The Morgan fingerprint density at radius 2 is 2.32 bits per heavy atom. The van der Waals surface area contributed by atoms with E-state index in [-0.39, 0.29) is 12.0 Å². The first-order chi connectivity index (χ1) is 9.19. The lowest BCUT2D eigenvalue weighted by Gasteiger charge is -2.31. The van der Waals surface area contributed by atoms with Gasteiger partial charge in [0.1, 0.15) is 5.82 Å². The third-order valence-electron chi connectivity index (χ3n) is 3.13. The maximum absolute atomic E-state index is 11.5. The number of H-pyrrole nitrogens is 1. The number of amides is 1. The molecule has 0 aliphatic carbocycles. The molecule has 2 rings (SSSR count). The molecule has 1 aliphatic heterocycles. The highest BCUT2D eigenvalue weighted by atomic mass is 16.6. The quantitative estimate of drug-likeness (QED) is 0.714. The van der Waals surface area contributed by atoms with Gasteiger partial charge in [-0.2, -0.15) is 4.98 Å². The monoisotopic (exact) mass is 268 g/mol. The number of aromatic nitrogens is 3. The molecule has 1 aromatic heterocycles. The molecular formula is C11H20N6O2. The molecule has 1 aliphatic rings. The summed E-state index contributed by atoms with van der Waals surface area (Å²) in [4.78, 5) is 17.3. The van der Waals surface area contributed by atoms with Crippen LogP contribution in [0.4, 0.5) is 10.7 Å². The summed E-state index contributed by atoms with van der Waals surface area (Å²) in [6, 6.07) is 0.372. The fraction of sp³-hybridized carbons (Fsp3) is 0.727. The first-order valence-electron chi connectivity index (χ1n) is 6.51. The van der Waals surface area contributed by atoms with E-state index >= 15 is 0 Å².